The minimum Gasteiger partial charge on any atom is -0.356 e. The molecule has 2 fully saturated rings. The smallest absolute Gasteiger partial charge is 0.237 e. The molecule has 1 atom stereocenters. The maximum absolute atomic E-state index is 13.6. The first-order valence-electron chi connectivity index (χ1n) is 8.25. The molecule has 2 aliphatic rings. The fourth-order valence-corrected chi connectivity index (χ4v) is 2.99. The van der Waals surface area contributed by atoms with E-state index in [1.165, 1.54) is 25.0 Å². The van der Waals surface area contributed by atoms with Gasteiger partial charge in [-0.2, -0.15) is 0 Å². The van der Waals surface area contributed by atoms with Crippen LogP contribution in [0.5, 0.6) is 0 Å². The zero-order valence-corrected chi connectivity index (χ0v) is 14.1. The molecular weight excluding hydrogens is 333 g/mol. The SMILES string of the molecule is O=C(C[C@H]1C(=O)NCCN1Cc1ccc(Cl)c(F)c1)NCC1CC1. The van der Waals surface area contributed by atoms with Gasteiger partial charge >= 0.3 is 0 Å². The minimum absolute atomic E-state index is 0.0751. The molecule has 2 amide bonds. The van der Waals surface area contributed by atoms with Crippen molar-refractivity contribution in [2.45, 2.75) is 31.8 Å². The van der Waals surface area contributed by atoms with Crippen LogP contribution in [0, 0.1) is 11.7 Å². The Bertz CT molecular complexity index is 636. The molecule has 3 rings (SSSR count). The van der Waals surface area contributed by atoms with Gasteiger partial charge in [0.1, 0.15) is 5.82 Å². The van der Waals surface area contributed by atoms with Crippen molar-refractivity contribution in [1.29, 1.82) is 0 Å². The first kappa shape index (κ1) is 17.2. The lowest BCUT2D eigenvalue weighted by molar-refractivity contribution is -0.134. The second-order valence-corrected chi connectivity index (χ2v) is 6.88. The van der Waals surface area contributed by atoms with Gasteiger partial charge in [0.05, 0.1) is 17.5 Å². The number of carbonyl (C=O) groups excluding carboxylic acids is 2. The van der Waals surface area contributed by atoms with Crippen molar-refractivity contribution in [3.63, 3.8) is 0 Å². The molecule has 0 radical (unpaired) electrons. The van der Waals surface area contributed by atoms with Gasteiger partial charge in [0.25, 0.3) is 0 Å². The number of carbonyl (C=O) groups is 2. The monoisotopic (exact) mass is 353 g/mol. The molecule has 1 heterocycles. The highest BCUT2D eigenvalue weighted by Crippen LogP contribution is 2.27. The minimum atomic E-state index is -0.531. The van der Waals surface area contributed by atoms with Gasteiger partial charge in [-0.05, 0) is 36.5 Å². The molecule has 24 heavy (non-hydrogen) atoms. The predicted octanol–water partition coefficient (Wildman–Crippen LogP) is 1.70. The highest BCUT2D eigenvalue weighted by molar-refractivity contribution is 6.30. The summed E-state index contributed by atoms with van der Waals surface area (Å²) < 4.78 is 13.6. The molecule has 130 valence electrons. The molecule has 0 spiro atoms. The van der Waals surface area contributed by atoms with E-state index in [9.17, 15) is 14.0 Å². The molecule has 1 aromatic rings. The molecule has 0 aromatic heterocycles. The Morgan fingerprint density at radius 1 is 1.42 bits per heavy atom. The second-order valence-electron chi connectivity index (χ2n) is 6.48. The molecule has 1 aromatic carbocycles. The van der Waals surface area contributed by atoms with E-state index in [0.29, 0.717) is 32.1 Å². The van der Waals surface area contributed by atoms with Crippen LogP contribution in [0.3, 0.4) is 0 Å². The van der Waals surface area contributed by atoms with E-state index in [0.717, 1.165) is 5.56 Å². The fourth-order valence-electron chi connectivity index (χ4n) is 2.87. The molecule has 0 unspecified atom stereocenters. The van der Waals surface area contributed by atoms with Crippen molar-refractivity contribution in [1.82, 2.24) is 15.5 Å². The highest BCUT2D eigenvalue weighted by Gasteiger charge is 2.32. The highest BCUT2D eigenvalue weighted by atomic mass is 35.5. The molecule has 5 nitrogen and oxygen atoms in total. The number of amides is 2. The Hall–Kier alpha value is -1.66. The van der Waals surface area contributed by atoms with E-state index in [-0.39, 0.29) is 23.3 Å². The van der Waals surface area contributed by atoms with Gasteiger partial charge in [0.15, 0.2) is 0 Å². The Morgan fingerprint density at radius 3 is 2.92 bits per heavy atom. The Kier molecular flexibility index (Phi) is 5.36. The van der Waals surface area contributed by atoms with Crippen LogP contribution >= 0.6 is 11.6 Å². The topological polar surface area (TPSA) is 61.4 Å². The molecule has 2 N–H and O–H groups in total. The number of hydrogen-bond donors (Lipinski definition) is 2. The summed E-state index contributed by atoms with van der Waals surface area (Å²) >= 11 is 5.70. The van der Waals surface area contributed by atoms with Crippen LogP contribution in [0.25, 0.3) is 0 Å². The first-order chi connectivity index (χ1) is 11.5. The first-order valence-corrected chi connectivity index (χ1v) is 8.63. The molecule has 1 aliphatic heterocycles. The van der Waals surface area contributed by atoms with Crippen LogP contribution in [0.2, 0.25) is 5.02 Å². The average Bonchev–Trinajstić information content (AvgIpc) is 3.37. The van der Waals surface area contributed by atoms with Gasteiger partial charge in [0, 0.05) is 26.2 Å². The summed E-state index contributed by atoms with van der Waals surface area (Å²) in [6, 6.07) is 4.09. The number of nitrogens with one attached hydrogen (secondary N) is 2. The Morgan fingerprint density at radius 2 is 2.21 bits per heavy atom. The Labute approximate surface area is 145 Å². The molecule has 7 heteroatoms. The predicted molar refractivity (Wildman–Crippen MR) is 89.0 cm³/mol. The molecule has 1 aliphatic carbocycles. The van der Waals surface area contributed by atoms with Crippen molar-refractivity contribution < 1.29 is 14.0 Å². The van der Waals surface area contributed by atoms with E-state index in [4.69, 9.17) is 11.6 Å². The van der Waals surface area contributed by atoms with Crippen LogP contribution in [0.15, 0.2) is 18.2 Å². The number of halogens is 2. The molecule has 1 saturated heterocycles. The van der Waals surface area contributed by atoms with E-state index < -0.39 is 11.9 Å². The number of nitrogens with zero attached hydrogens (tertiary/aromatic N) is 1. The third-order valence-electron chi connectivity index (χ3n) is 4.47. The van der Waals surface area contributed by atoms with E-state index in [1.807, 2.05) is 4.90 Å². The number of piperazine rings is 1. The zero-order chi connectivity index (χ0) is 17.1. The summed E-state index contributed by atoms with van der Waals surface area (Å²) in [7, 11) is 0. The normalized spacial score (nSPS) is 21.4. The lowest BCUT2D eigenvalue weighted by Gasteiger charge is -2.34. The average molecular weight is 354 g/mol. The van der Waals surface area contributed by atoms with Crippen LogP contribution in [-0.2, 0) is 16.1 Å². The number of hydrogen-bond acceptors (Lipinski definition) is 3. The lowest BCUT2D eigenvalue weighted by atomic mass is 10.1. The van der Waals surface area contributed by atoms with Crippen molar-refractivity contribution in [3.05, 3.63) is 34.6 Å². The van der Waals surface area contributed by atoms with Gasteiger partial charge in [-0.25, -0.2) is 4.39 Å². The molecule has 1 saturated carbocycles. The van der Waals surface area contributed by atoms with Gasteiger partial charge < -0.3 is 10.6 Å². The van der Waals surface area contributed by atoms with Gasteiger partial charge in [-0.15, -0.1) is 0 Å². The van der Waals surface area contributed by atoms with Crippen molar-refractivity contribution in [2.75, 3.05) is 19.6 Å². The second kappa shape index (κ2) is 7.49. The van der Waals surface area contributed by atoms with Crippen LogP contribution in [-0.4, -0.2) is 42.4 Å². The summed E-state index contributed by atoms with van der Waals surface area (Å²) in [4.78, 5) is 26.2. The molecular formula is C17H21ClFN3O2. The van der Waals surface area contributed by atoms with Gasteiger partial charge in [-0.1, -0.05) is 17.7 Å². The zero-order valence-electron chi connectivity index (χ0n) is 13.4. The summed E-state index contributed by atoms with van der Waals surface area (Å²) in [5, 5.41) is 5.76. The Balaban J connectivity index is 1.63. The number of rotatable bonds is 6. The summed E-state index contributed by atoms with van der Waals surface area (Å²) in [6.45, 7) is 2.24. The quantitative estimate of drug-likeness (QED) is 0.818. The summed E-state index contributed by atoms with van der Waals surface area (Å²) in [6.07, 6.45) is 2.45. The summed E-state index contributed by atoms with van der Waals surface area (Å²) in [5.74, 6) is -0.148. The fraction of sp³-hybridized carbons (Fsp3) is 0.529. The van der Waals surface area contributed by atoms with E-state index in [1.54, 1.807) is 6.07 Å². The van der Waals surface area contributed by atoms with E-state index in [2.05, 4.69) is 10.6 Å². The number of benzene rings is 1. The van der Waals surface area contributed by atoms with Crippen LogP contribution in [0.1, 0.15) is 24.8 Å². The van der Waals surface area contributed by atoms with Crippen LogP contribution < -0.4 is 10.6 Å². The van der Waals surface area contributed by atoms with E-state index >= 15 is 0 Å². The summed E-state index contributed by atoms with van der Waals surface area (Å²) in [5.41, 5.74) is 0.731. The van der Waals surface area contributed by atoms with Gasteiger partial charge in [0.2, 0.25) is 11.8 Å². The van der Waals surface area contributed by atoms with Crippen molar-refractivity contribution in [3.8, 4) is 0 Å². The third kappa shape index (κ3) is 4.45. The largest absolute Gasteiger partial charge is 0.356 e. The lowest BCUT2D eigenvalue weighted by Crippen LogP contribution is -2.56. The van der Waals surface area contributed by atoms with Crippen molar-refractivity contribution >= 4 is 23.4 Å². The van der Waals surface area contributed by atoms with Crippen molar-refractivity contribution in [2.24, 2.45) is 5.92 Å². The standard InChI is InChI=1S/C17H21ClFN3O2/c18-13-4-3-12(7-14(13)19)10-22-6-5-20-17(24)15(22)8-16(23)21-9-11-1-2-11/h3-4,7,11,15H,1-2,5-6,8-10H2,(H,20,24)(H,21,23)/t15-/m0/s1. The van der Waals surface area contributed by atoms with Crippen LogP contribution in [0.4, 0.5) is 4.39 Å². The molecule has 0 bridgehead atoms. The maximum atomic E-state index is 13.6. The third-order valence-corrected chi connectivity index (χ3v) is 4.78. The maximum Gasteiger partial charge on any atom is 0.237 e. The van der Waals surface area contributed by atoms with Gasteiger partial charge in [-0.3, -0.25) is 14.5 Å².